The molecule has 0 aliphatic heterocycles. The van der Waals surface area contributed by atoms with E-state index in [0.29, 0.717) is 11.1 Å². The van der Waals surface area contributed by atoms with Gasteiger partial charge in [-0.3, -0.25) is 4.79 Å². The molecule has 6 heteroatoms. The summed E-state index contributed by atoms with van der Waals surface area (Å²) < 4.78 is 4.84. The first kappa shape index (κ1) is 15.1. The van der Waals surface area contributed by atoms with Crippen molar-refractivity contribution in [2.75, 3.05) is 6.61 Å². The van der Waals surface area contributed by atoms with E-state index >= 15 is 0 Å². The lowest BCUT2D eigenvalue weighted by atomic mass is 10.0. The summed E-state index contributed by atoms with van der Waals surface area (Å²) in [7, 11) is 0. The number of carbonyl (C=O) groups is 2. The molecule has 0 radical (unpaired) electrons. The number of hydrogen-bond donors (Lipinski definition) is 2. The van der Waals surface area contributed by atoms with Crippen molar-refractivity contribution >= 4 is 23.4 Å². The molecular weight excluding hydrogens is 294 g/mol. The minimum absolute atomic E-state index is 0.0286. The molecule has 1 aromatic carbocycles. The molecule has 0 unspecified atom stereocenters. The second kappa shape index (κ2) is 6.45. The van der Waals surface area contributed by atoms with Gasteiger partial charge in [-0.25, -0.2) is 4.79 Å². The number of aromatic amines is 1. The Balaban J connectivity index is 2.10. The summed E-state index contributed by atoms with van der Waals surface area (Å²) in [5.41, 5.74) is 1.31. The van der Waals surface area contributed by atoms with Crippen LogP contribution in [0, 0.1) is 0 Å². The third-order valence-electron chi connectivity index (χ3n) is 2.88. The quantitative estimate of drug-likeness (QED) is 0.657. The first-order valence-electron chi connectivity index (χ1n) is 6.37. The normalized spacial score (nSPS) is 10.4. The molecule has 110 valence electrons. The van der Waals surface area contributed by atoms with Crippen LogP contribution in [0.1, 0.15) is 33.3 Å². The lowest BCUT2D eigenvalue weighted by Crippen LogP contribution is -2.05. The topological polar surface area (TPSA) is 79.4 Å². The molecule has 0 bridgehead atoms. The summed E-state index contributed by atoms with van der Waals surface area (Å²) in [5.74, 6) is -0.688. The number of ketones is 1. The van der Waals surface area contributed by atoms with Crippen molar-refractivity contribution in [2.45, 2.75) is 13.3 Å². The second-order valence-electron chi connectivity index (χ2n) is 4.41. The Morgan fingerprint density at radius 2 is 2.10 bits per heavy atom. The highest BCUT2D eigenvalue weighted by atomic mass is 35.5. The van der Waals surface area contributed by atoms with E-state index in [1.807, 2.05) is 0 Å². The van der Waals surface area contributed by atoms with Gasteiger partial charge in [-0.2, -0.15) is 0 Å². The van der Waals surface area contributed by atoms with E-state index in [2.05, 4.69) is 4.98 Å². The Kier molecular flexibility index (Phi) is 4.65. The molecule has 1 heterocycles. The predicted molar refractivity (Wildman–Crippen MR) is 77.9 cm³/mol. The van der Waals surface area contributed by atoms with Crippen LogP contribution in [-0.4, -0.2) is 28.4 Å². The second-order valence-corrected chi connectivity index (χ2v) is 4.82. The molecular formula is C15H14ClNO4. The minimum Gasteiger partial charge on any atom is -0.506 e. The number of esters is 1. The highest BCUT2D eigenvalue weighted by Crippen LogP contribution is 2.24. The maximum absolute atomic E-state index is 12.1. The largest absolute Gasteiger partial charge is 0.506 e. The van der Waals surface area contributed by atoms with Gasteiger partial charge in [-0.15, -0.1) is 0 Å². The molecule has 2 N–H and O–H groups in total. The number of phenols is 1. The van der Waals surface area contributed by atoms with Crippen LogP contribution in [0.25, 0.3) is 0 Å². The Bertz CT molecular complexity index is 678. The number of carbonyl (C=O) groups excluding carboxylic acids is 2. The van der Waals surface area contributed by atoms with Gasteiger partial charge in [0.15, 0.2) is 5.78 Å². The predicted octanol–water partition coefficient (Wildman–Crippen LogP) is 2.98. The van der Waals surface area contributed by atoms with Crippen molar-refractivity contribution in [1.82, 2.24) is 4.98 Å². The summed E-state index contributed by atoms with van der Waals surface area (Å²) in [5, 5.41) is 9.53. The number of H-pyrrole nitrogens is 1. The Morgan fingerprint density at radius 3 is 2.76 bits per heavy atom. The monoisotopic (exact) mass is 307 g/mol. The summed E-state index contributed by atoms with van der Waals surface area (Å²) in [6.45, 7) is 1.98. The average molecular weight is 308 g/mol. The Labute approximate surface area is 126 Å². The standard InChI is InChI=1S/C15H14ClNO4/c1-2-21-15(20)12-7-10(8-17-12)14(19)6-9-3-4-13(18)11(16)5-9/h3-5,7-8,17-18H,2,6H2,1H3. The van der Waals surface area contributed by atoms with Gasteiger partial charge in [0.05, 0.1) is 11.6 Å². The van der Waals surface area contributed by atoms with Crippen LogP contribution in [0.2, 0.25) is 5.02 Å². The van der Waals surface area contributed by atoms with Crippen LogP contribution in [0.5, 0.6) is 5.75 Å². The molecule has 0 saturated heterocycles. The molecule has 0 spiro atoms. The maximum Gasteiger partial charge on any atom is 0.354 e. The third-order valence-corrected chi connectivity index (χ3v) is 3.18. The first-order valence-corrected chi connectivity index (χ1v) is 6.75. The third kappa shape index (κ3) is 3.64. The Hall–Kier alpha value is -2.27. The number of rotatable bonds is 5. The highest BCUT2D eigenvalue weighted by Gasteiger charge is 2.14. The molecule has 0 saturated carbocycles. The summed E-state index contributed by atoms with van der Waals surface area (Å²) in [6.07, 6.45) is 1.59. The van der Waals surface area contributed by atoms with Crippen LogP contribution in [0.15, 0.2) is 30.5 Å². The lowest BCUT2D eigenvalue weighted by Gasteiger charge is -2.02. The number of nitrogens with one attached hydrogen (secondary N) is 1. The van der Waals surface area contributed by atoms with Crippen molar-refractivity contribution in [1.29, 1.82) is 0 Å². The van der Waals surface area contributed by atoms with Crippen molar-refractivity contribution in [2.24, 2.45) is 0 Å². The van der Waals surface area contributed by atoms with Crippen molar-refractivity contribution in [3.05, 3.63) is 52.3 Å². The number of aromatic hydroxyl groups is 1. The molecule has 0 fully saturated rings. The number of aromatic nitrogens is 1. The number of Topliss-reactive ketones (excluding diaryl/α,β-unsaturated/α-hetero) is 1. The molecule has 1 aromatic heterocycles. The number of benzene rings is 1. The zero-order valence-corrected chi connectivity index (χ0v) is 12.1. The highest BCUT2D eigenvalue weighted by molar-refractivity contribution is 6.32. The summed E-state index contributed by atoms with van der Waals surface area (Å²) in [4.78, 5) is 26.4. The SMILES string of the molecule is CCOC(=O)c1cc(C(=O)Cc2ccc(O)c(Cl)c2)c[nH]1. The number of phenolic OH excluding ortho intramolecular Hbond substituents is 1. The lowest BCUT2D eigenvalue weighted by molar-refractivity contribution is 0.0520. The molecule has 0 aliphatic carbocycles. The summed E-state index contributed by atoms with van der Waals surface area (Å²) in [6, 6.07) is 6.06. The van der Waals surface area contributed by atoms with E-state index in [1.54, 1.807) is 13.0 Å². The smallest absolute Gasteiger partial charge is 0.354 e. The first-order chi connectivity index (χ1) is 10.0. The number of halogens is 1. The van der Waals surface area contributed by atoms with Crippen LogP contribution in [0.4, 0.5) is 0 Å². The van der Waals surface area contributed by atoms with Gasteiger partial charge in [0, 0.05) is 18.2 Å². The Morgan fingerprint density at radius 1 is 1.33 bits per heavy atom. The van der Waals surface area contributed by atoms with E-state index in [9.17, 15) is 14.7 Å². The van der Waals surface area contributed by atoms with E-state index in [0.717, 1.165) is 0 Å². The van der Waals surface area contributed by atoms with Crippen LogP contribution in [0.3, 0.4) is 0 Å². The van der Waals surface area contributed by atoms with Gasteiger partial charge >= 0.3 is 5.97 Å². The van der Waals surface area contributed by atoms with Crippen molar-refractivity contribution in [3.63, 3.8) is 0 Å². The average Bonchev–Trinajstić information content (AvgIpc) is 2.93. The fourth-order valence-electron chi connectivity index (χ4n) is 1.83. The van der Waals surface area contributed by atoms with Gasteiger partial charge in [0.25, 0.3) is 0 Å². The van der Waals surface area contributed by atoms with Gasteiger partial charge in [0.2, 0.25) is 0 Å². The molecule has 0 aliphatic rings. The fraction of sp³-hybridized carbons (Fsp3) is 0.200. The molecule has 0 atom stereocenters. The molecule has 2 rings (SSSR count). The van der Waals surface area contributed by atoms with Crippen molar-refractivity contribution < 1.29 is 19.4 Å². The summed E-state index contributed by atoms with van der Waals surface area (Å²) >= 11 is 5.80. The van der Waals surface area contributed by atoms with E-state index in [4.69, 9.17) is 16.3 Å². The van der Waals surface area contributed by atoms with Crippen LogP contribution < -0.4 is 0 Å². The molecule has 5 nitrogen and oxygen atoms in total. The van der Waals surface area contributed by atoms with Gasteiger partial charge in [-0.1, -0.05) is 17.7 Å². The van der Waals surface area contributed by atoms with Gasteiger partial charge in [-0.05, 0) is 30.7 Å². The van der Waals surface area contributed by atoms with Crippen molar-refractivity contribution in [3.8, 4) is 5.75 Å². The fourth-order valence-corrected chi connectivity index (χ4v) is 2.03. The zero-order valence-electron chi connectivity index (χ0n) is 11.4. The molecule has 0 amide bonds. The zero-order chi connectivity index (χ0) is 15.4. The molecule has 21 heavy (non-hydrogen) atoms. The minimum atomic E-state index is -0.496. The van der Waals surface area contributed by atoms with E-state index < -0.39 is 5.97 Å². The number of ether oxygens (including phenoxy) is 1. The van der Waals surface area contributed by atoms with Gasteiger partial charge < -0.3 is 14.8 Å². The molecule has 2 aromatic rings. The van der Waals surface area contributed by atoms with Crippen LogP contribution >= 0.6 is 11.6 Å². The number of hydrogen-bond acceptors (Lipinski definition) is 4. The van der Waals surface area contributed by atoms with E-state index in [1.165, 1.54) is 24.4 Å². The van der Waals surface area contributed by atoms with E-state index in [-0.39, 0.29) is 35.3 Å². The maximum atomic E-state index is 12.1. The van der Waals surface area contributed by atoms with Crippen LogP contribution in [-0.2, 0) is 11.2 Å². The van der Waals surface area contributed by atoms with Gasteiger partial charge in [0.1, 0.15) is 11.4 Å².